The molecule has 1 N–H and O–H groups in total. The molecule has 0 aliphatic heterocycles. The second-order valence-electron chi connectivity index (χ2n) is 5.27. The van der Waals surface area contributed by atoms with Crippen LogP contribution in [0, 0.1) is 5.92 Å². The van der Waals surface area contributed by atoms with Crippen LogP contribution in [0.4, 0.5) is 5.13 Å². The van der Waals surface area contributed by atoms with Gasteiger partial charge in [0.15, 0.2) is 0 Å². The summed E-state index contributed by atoms with van der Waals surface area (Å²) in [6.07, 6.45) is 4.96. The van der Waals surface area contributed by atoms with Gasteiger partial charge < -0.3 is 0 Å². The summed E-state index contributed by atoms with van der Waals surface area (Å²) < 4.78 is 0. The molecule has 1 aromatic heterocycles. The lowest BCUT2D eigenvalue weighted by Gasteiger charge is -2.19. The van der Waals surface area contributed by atoms with Crippen molar-refractivity contribution in [3.05, 3.63) is 35.7 Å². The molecule has 104 valence electrons. The number of benzene rings is 1. The molecular formula is C16H19N3S. The monoisotopic (exact) mass is 285 g/mol. The molecule has 2 aromatic rings. The molecule has 1 atom stereocenters. The van der Waals surface area contributed by atoms with Crippen LogP contribution < -0.4 is 5.43 Å². The van der Waals surface area contributed by atoms with E-state index in [1.807, 2.05) is 18.2 Å². The van der Waals surface area contributed by atoms with Gasteiger partial charge in [0.1, 0.15) is 0 Å². The second-order valence-corrected chi connectivity index (χ2v) is 6.12. The zero-order valence-electron chi connectivity index (χ0n) is 11.7. The van der Waals surface area contributed by atoms with E-state index in [2.05, 4.69) is 39.9 Å². The minimum absolute atomic E-state index is 0.602. The lowest BCUT2D eigenvalue weighted by atomic mass is 9.89. The van der Waals surface area contributed by atoms with Crippen LogP contribution in [0.3, 0.4) is 0 Å². The maximum Gasteiger partial charge on any atom is 0.203 e. The zero-order valence-corrected chi connectivity index (χ0v) is 12.5. The number of thiazole rings is 1. The highest BCUT2D eigenvalue weighted by Gasteiger charge is 2.15. The van der Waals surface area contributed by atoms with Crippen LogP contribution in [0.2, 0.25) is 0 Å². The molecule has 1 saturated carbocycles. The van der Waals surface area contributed by atoms with Crippen molar-refractivity contribution in [2.24, 2.45) is 11.0 Å². The van der Waals surface area contributed by atoms with Crippen molar-refractivity contribution in [1.29, 1.82) is 0 Å². The van der Waals surface area contributed by atoms with Crippen LogP contribution in [0.5, 0.6) is 0 Å². The van der Waals surface area contributed by atoms with Crippen molar-refractivity contribution < 1.29 is 0 Å². The Morgan fingerprint density at radius 1 is 1.25 bits per heavy atom. The Balaban J connectivity index is 1.70. The number of hydrogen-bond donors (Lipinski definition) is 1. The number of aromatic nitrogens is 1. The fourth-order valence-electron chi connectivity index (χ4n) is 2.52. The predicted octanol–water partition coefficient (Wildman–Crippen LogP) is 4.79. The van der Waals surface area contributed by atoms with Gasteiger partial charge in [-0.1, -0.05) is 43.7 Å². The molecule has 0 spiro atoms. The molecule has 0 saturated heterocycles. The summed E-state index contributed by atoms with van der Waals surface area (Å²) in [4.78, 5) is 4.59. The second kappa shape index (κ2) is 6.18. The first-order chi connectivity index (χ1) is 9.83. The van der Waals surface area contributed by atoms with Crippen molar-refractivity contribution in [1.82, 2.24) is 4.98 Å². The van der Waals surface area contributed by atoms with E-state index in [0.29, 0.717) is 5.92 Å². The third kappa shape index (κ3) is 3.07. The molecule has 0 bridgehead atoms. The maximum absolute atomic E-state index is 4.59. The Kier molecular flexibility index (Phi) is 4.11. The maximum atomic E-state index is 4.59. The highest BCUT2D eigenvalue weighted by atomic mass is 32.1. The topological polar surface area (TPSA) is 37.3 Å². The number of nitrogens with zero attached hydrogens (tertiary/aromatic N) is 2. The normalized spacial score (nSPS) is 21.1. The standard InChI is InChI=1S/C16H19N3S/c1-12-7-5-6-10-14(12)18-19-16-17-15(11-20-16)13-8-3-2-4-9-13/h2-4,8-9,11-12H,5-7,10H2,1H3,(H,17,19)/b18-14-. The van der Waals surface area contributed by atoms with Crippen LogP contribution in [-0.2, 0) is 0 Å². The van der Waals surface area contributed by atoms with E-state index in [1.54, 1.807) is 11.3 Å². The van der Waals surface area contributed by atoms with Gasteiger partial charge in [-0.05, 0) is 25.2 Å². The van der Waals surface area contributed by atoms with Gasteiger partial charge in [-0.15, -0.1) is 11.3 Å². The van der Waals surface area contributed by atoms with Crippen molar-refractivity contribution in [3.63, 3.8) is 0 Å². The molecule has 20 heavy (non-hydrogen) atoms. The number of hydrogen-bond acceptors (Lipinski definition) is 4. The highest BCUT2D eigenvalue weighted by Crippen LogP contribution is 2.25. The van der Waals surface area contributed by atoms with Gasteiger partial charge in [0.25, 0.3) is 0 Å². The molecule has 0 radical (unpaired) electrons. The van der Waals surface area contributed by atoms with E-state index >= 15 is 0 Å². The molecule has 1 unspecified atom stereocenters. The first kappa shape index (κ1) is 13.3. The Labute approximate surface area is 123 Å². The molecule has 4 heteroatoms. The SMILES string of the molecule is CC1CCCC/C1=N/Nc1nc(-c2ccccc2)cs1. The van der Waals surface area contributed by atoms with Crippen LogP contribution in [0.1, 0.15) is 32.6 Å². The zero-order chi connectivity index (χ0) is 13.8. The fourth-order valence-corrected chi connectivity index (χ4v) is 3.18. The van der Waals surface area contributed by atoms with Gasteiger partial charge in [0.2, 0.25) is 5.13 Å². The smallest absolute Gasteiger partial charge is 0.203 e. The van der Waals surface area contributed by atoms with Crippen LogP contribution in [0.15, 0.2) is 40.8 Å². The summed E-state index contributed by atoms with van der Waals surface area (Å²) in [6.45, 7) is 2.26. The molecule has 1 fully saturated rings. The summed E-state index contributed by atoms with van der Waals surface area (Å²) in [5, 5.41) is 7.50. The summed E-state index contributed by atoms with van der Waals surface area (Å²) in [7, 11) is 0. The average molecular weight is 285 g/mol. The van der Waals surface area contributed by atoms with E-state index in [4.69, 9.17) is 0 Å². The van der Waals surface area contributed by atoms with E-state index in [-0.39, 0.29) is 0 Å². The summed E-state index contributed by atoms with van der Waals surface area (Å²) >= 11 is 1.60. The van der Waals surface area contributed by atoms with Gasteiger partial charge in [-0.2, -0.15) is 5.10 Å². The third-order valence-corrected chi connectivity index (χ3v) is 4.50. The lowest BCUT2D eigenvalue weighted by molar-refractivity contribution is 0.558. The Morgan fingerprint density at radius 3 is 2.90 bits per heavy atom. The highest BCUT2D eigenvalue weighted by molar-refractivity contribution is 7.14. The van der Waals surface area contributed by atoms with Gasteiger partial charge in [0, 0.05) is 16.7 Å². The Hall–Kier alpha value is -1.68. The Bertz CT molecular complexity index is 589. The summed E-state index contributed by atoms with van der Waals surface area (Å²) in [5.41, 5.74) is 6.57. The summed E-state index contributed by atoms with van der Waals surface area (Å²) in [5.74, 6) is 0.602. The molecule has 3 rings (SSSR count). The number of anilines is 1. The molecule has 1 aliphatic rings. The van der Waals surface area contributed by atoms with Crippen LogP contribution in [-0.4, -0.2) is 10.7 Å². The largest absolute Gasteiger partial charge is 0.253 e. The van der Waals surface area contributed by atoms with Crippen LogP contribution >= 0.6 is 11.3 Å². The number of nitrogens with one attached hydrogen (secondary N) is 1. The van der Waals surface area contributed by atoms with E-state index in [9.17, 15) is 0 Å². The van der Waals surface area contributed by atoms with Gasteiger partial charge in [-0.25, -0.2) is 4.98 Å². The molecular weight excluding hydrogens is 266 g/mol. The quantitative estimate of drug-likeness (QED) is 0.823. The number of rotatable bonds is 3. The van der Waals surface area contributed by atoms with Crippen molar-refractivity contribution >= 4 is 22.2 Å². The van der Waals surface area contributed by atoms with Crippen molar-refractivity contribution in [3.8, 4) is 11.3 Å². The van der Waals surface area contributed by atoms with Gasteiger partial charge >= 0.3 is 0 Å². The van der Waals surface area contributed by atoms with E-state index < -0.39 is 0 Å². The van der Waals surface area contributed by atoms with Gasteiger partial charge in [0.05, 0.1) is 5.69 Å². The molecule has 1 heterocycles. The van der Waals surface area contributed by atoms with Gasteiger partial charge in [-0.3, -0.25) is 5.43 Å². The van der Waals surface area contributed by atoms with Crippen molar-refractivity contribution in [2.75, 3.05) is 5.43 Å². The molecule has 1 aliphatic carbocycles. The third-order valence-electron chi connectivity index (χ3n) is 3.76. The fraction of sp³-hybridized carbons (Fsp3) is 0.375. The predicted molar refractivity (Wildman–Crippen MR) is 86.2 cm³/mol. The van der Waals surface area contributed by atoms with E-state index in [0.717, 1.165) is 22.8 Å². The molecule has 0 amide bonds. The average Bonchev–Trinajstić information content (AvgIpc) is 2.96. The first-order valence-electron chi connectivity index (χ1n) is 7.16. The van der Waals surface area contributed by atoms with Crippen molar-refractivity contribution in [2.45, 2.75) is 32.6 Å². The summed E-state index contributed by atoms with van der Waals surface area (Å²) in [6, 6.07) is 10.2. The first-order valence-corrected chi connectivity index (χ1v) is 8.04. The molecule has 3 nitrogen and oxygen atoms in total. The Morgan fingerprint density at radius 2 is 2.10 bits per heavy atom. The minimum atomic E-state index is 0.602. The lowest BCUT2D eigenvalue weighted by Crippen LogP contribution is -2.17. The number of hydrazone groups is 1. The minimum Gasteiger partial charge on any atom is -0.253 e. The van der Waals surface area contributed by atoms with Crippen LogP contribution in [0.25, 0.3) is 11.3 Å². The van der Waals surface area contributed by atoms with E-state index in [1.165, 1.54) is 25.0 Å². The molecule has 1 aromatic carbocycles.